The number of aromatic nitrogens is 1. The van der Waals surface area contributed by atoms with Crippen molar-refractivity contribution in [2.24, 2.45) is 5.41 Å². The molecule has 1 aliphatic carbocycles. The van der Waals surface area contributed by atoms with Gasteiger partial charge in [-0.25, -0.2) is 8.78 Å². The van der Waals surface area contributed by atoms with Crippen LogP contribution in [0.1, 0.15) is 26.2 Å². The van der Waals surface area contributed by atoms with Crippen molar-refractivity contribution in [1.82, 2.24) is 10.3 Å². The van der Waals surface area contributed by atoms with E-state index in [1.807, 2.05) is 0 Å². The Bertz CT molecular complexity index is 1850. The number of anilines is 2. The number of halogens is 2. The highest BCUT2D eigenvalue weighted by molar-refractivity contribution is 8.14. The number of fused-ring (bicyclic) bond motifs is 1. The molecule has 1 saturated carbocycles. The molecule has 0 atom stereocenters. The van der Waals surface area contributed by atoms with Crippen LogP contribution in [0.25, 0.3) is 10.9 Å². The van der Waals surface area contributed by atoms with E-state index >= 15 is 4.39 Å². The fourth-order valence-corrected chi connectivity index (χ4v) is 5.12. The number of amides is 3. The van der Waals surface area contributed by atoms with Gasteiger partial charge in [0.15, 0.2) is 28.2 Å². The van der Waals surface area contributed by atoms with Crippen molar-refractivity contribution in [3.05, 3.63) is 78.5 Å². The Morgan fingerprint density at radius 2 is 1.58 bits per heavy atom. The number of methoxy groups -OCH3 is 1. The topological polar surface area (TPSA) is 145 Å². The van der Waals surface area contributed by atoms with Crippen LogP contribution in [0.15, 0.2) is 66.9 Å². The van der Waals surface area contributed by atoms with Crippen LogP contribution in [-0.4, -0.2) is 53.8 Å². The fraction of sp³-hybridized carbons (Fsp3) is 0.265. The van der Waals surface area contributed by atoms with Crippen molar-refractivity contribution < 1.29 is 42.2 Å². The smallest absolute Gasteiger partial charge is 0.240 e. The molecular weight excluding hydrogens is 646 g/mol. The minimum atomic E-state index is -1.30. The van der Waals surface area contributed by atoms with Gasteiger partial charge in [0.2, 0.25) is 17.7 Å². The molecule has 3 aromatic carbocycles. The predicted molar refractivity (Wildman–Crippen MR) is 176 cm³/mol. The lowest BCUT2D eigenvalue weighted by molar-refractivity contribution is -0.131. The molecule has 0 spiro atoms. The van der Waals surface area contributed by atoms with E-state index in [1.54, 1.807) is 18.2 Å². The molecular formula is C34H32F2N4O7S. The molecule has 11 nitrogen and oxygen atoms in total. The summed E-state index contributed by atoms with van der Waals surface area (Å²) >= 11 is 0.943. The minimum Gasteiger partial charge on any atom is -0.493 e. The Kier molecular flexibility index (Phi) is 10.7. The Morgan fingerprint density at radius 1 is 0.875 bits per heavy atom. The lowest BCUT2D eigenvalue weighted by Crippen LogP contribution is -2.35. The summed E-state index contributed by atoms with van der Waals surface area (Å²) in [4.78, 5) is 53.0. The SMILES string of the molecule is COc1cc2c(Oc3ccc(NC(=O)C4(C(=O)Nc5ccc(F)cc5)CC4)cc3F)ccnc2cc1OCCCNC(=O)CSC(C)=O. The summed E-state index contributed by atoms with van der Waals surface area (Å²) in [6, 6.07) is 14.0. The Hall–Kier alpha value is -5.24. The molecule has 1 heterocycles. The third-order valence-corrected chi connectivity index (χ3v) is 8.24. The lowest BCUT2D eigenvalue weighted by Gasteiger charge is -2.16. The number of nitrogens with one attached hydrogen (secondary N) is 3. The van der Waals surface area contributed by atoms with E-state index < -0.39 is 28.9 Å². The molecule has 0 bridgehead atoms. The van der Waals surface area contributed by atoms with E-state index in [4.69, 9.17) is 14.2 Å². The Morgan fingerprint density at radius 3 is 2.25 bits per heavy atom. The molecule has 1 fully saturated rings. The van der Waals surface area contributed by atoms with E-state index in [9.17, 15) is 23.6 Å². The predicted octanol–water partition coefficient (Wildman–Crippen LogP) is 5.84. The molecule has 0 saturated heterocycles. The van der Waals surface area contributed by atoms with Gasteiger partial charge in [-0.1, -0.05) is 11.8 Å². The molecule has 0 aliphatic heterocycles. The number of benzene rings is 3. The van der Waals surface area contributed by atoms with E-state index in [0.717, 1.165) is 17.8 Å². The molecule has 1 aromatic heterocycles. The molecule has 0 unspecified atom stereocenters. The van der Waals surface area contributed by atoms with Crippen molar-refractivity contribution in [1.29, 1.82) is 0 Å². The highest BCUT2D eigenvalue weighted by Crippen LogP contribution is 2.47. The molecule has 250 valence electrons. The van der Waals surface area contributed by atoms with E-state index in [-0.39, 0.29) is 34.8 Å². The third-order valence-electron chi connectivity index (χ3n) is 7.43. The minimum absolute atomic E-state index is 0.0666. The van der Waals surface area contributed by atoms with E-state index in [2.05, 4.69) is 20.9 Å². The maximum Gasteiger partial charge on any atom is 0.240 e. The molecule has 3 N–H and O–H groups in total. The summed E-state index contributed by atoms with van der Waals surface area (Å²) < 4.78 is 45.7. The maximum absolute atomic E-state index is 15.2. The number of carbonyl (C=O) groups is 4. The second kappa shape index (κ2) is 15.1. The molecule has 4 aromatic rings. The number of rotatable bonds is 14. The van der Waals surface area contributed by atoms with Gasteiger partial charge < -0.3 is 30.2 Å². The van der Waals surface area contributed by atoms with Crippen molar-refractivity contribution in [3.8, 4) is 23.0 Å². The van der Waals surface area contributed by atoms with Crippen LogP contribution in [0.4, 0.5) is 20.2 Å². The number of hydrogen-bond acceptors (Lipinski definition) is 9. The van der Waals surface area contributed by atoms with E-state index in [1.165, 1.54) is 56.6 Å². The summed E-state index contributed by atoms with van der Waals surface area (Å²) in [5.74, 6) is -1.49. The average molecular weight is 679 g/mol. The zero-order valence-corrected chi connectivity index (χ0v) is 26.9. The first-order valence-electron chi connectivity index (χ1n) is 14.9. The first-order chi connectivity index (χ1) is 23.1. The van der Waals surface area contributed by atoms with Crippen LogP contribution >= 0.6 is 11.8 Å². The van der Waals surface area contributed by atoms with Crippen molar-refractivity contribution >= 4 is 56.9 Å². The summed E-state index contributed by atoms with van der Waals surface area (Å²) in [6.45, 7) is 2.04. The summed E-state index contributed by atoms with van der Waals surface area (Å²) in [7, 11) is 1.47. The van der Waals surface area contributed by atoms with Gasteiger partial charge in [0.05, 0.1) is 25.0 Å². The number of carbonyl (C=O) groups excluding carboxylic acids is 4. The lowest BCUT2D eigenvalue weighted by atomic mass is 10.0. The van der Waals surface area contributed by atoms with Crippen LogP contribution in [0.5, 0.6) is 23.0 Å². The highest BCUT2D eigenvalue weighted by atomic mass is 32.2. The number of nitrogens with zero attached hydrogens (tertiary/aromatic N) is 1. The second-order valence-electron chi connectivity index (χ2n) is 10.9. The van der Waals surface area contributed by atoms with Crippen LogP contribution < -0.4 is 30.2 Å². The summed E-state index contributed by atoms with van der Waals surface area (Å²) in [5.41, 5.74) is -0.304. The van der Waals surface area contributed by atoms with Gasteiger partial charge in [0.1, 0.15) is 17.0 Å². The van der Waals surface area contributed by atoms with Crippen molar-refractivity contribution in [2.75, 3.05) is 36.6 Å². The maximum atomic E-state index is 15.2. The van der Waals surface area contributed by atoms with Gasteiger partial charge in [-0.05, 0) is 67.8 Å². The molecule has 0 radical (unpaired) electrons. The Balaban J connectivity index is 1.20. The second-order valence-corrected chi connectivity index (χ2v) is 12.1. The summed E-state index contributed by atoms with van der Waals surface area (Å²) in [5, 5.41) is 8.37. The molecule has 5 rings (SSSR count). The number of ether oxygens (including phenoxy) is 3. The molecule has 48 heavy (non-hydrogen) atoms. The average Bonchev–Trinajstić information content (AvgIpc) is 3.88. The highest BCUT2D eigenvalue weighted by Gasteiger charge is 2.56. The first kappa shape index (κ1) is 34.1. The molecule has 1 aliphatic rings. The van der Waals surface area contributed by atoms with Crippen LogP contribution in [0.3, 0.4) is 0 Å². The van der Waals surface area contributed by atoms with Crippen molar-refractivity contribution in [2.45, 2.75) is 26.2 Å². The number of hydrogen-bond donors (Lipinski definition) is 3. The quantitative estimate of drug-likeness (QED) is 0.111. The van der Waals surface area contributed by atoms with Gasteiger partial charge >= 0.3 is 0 Å². The third kappa shape index (κ3) is 8.37. The van der Waals surface area contributed by atoms with E-state index in [0.29, 0.717) is 59.6 Å². The molecule has 14 heteroatoms. The number of pyridine rings is 1. The van der Waals surface area contributed by atoms with Gasteiger partial charge in [-0.15, -0.1) is 0 Å². The summed E-state index contributed by atoms with van der Waals surface area (Å²) in [6.07, 6.45) is 2.65. The zero-order chi connectivity index (χ0) is 34.3. The largest absolute Gasteiger partial charge is 0.493 e. The zero-order valence-electron chi connectivity index (χ0n) is 26.1. The van der Waals surface area contributed by atoms with Gasteiger partial charge in [0.25, 0.3) is 0 Å². The van der Waals surface area contributed by atoms with Crippen LogP contribution in [0, 0.1) is 17.0 Å². The van der Waals surface area contributed by atoms with Crippen LogP contribution in [0.2, 0.25) is 0 Å². The number of thioether (sulfide) groups is 1. The van der Waals surface area contributed by atoms with Gasteiger partial charge in [-0.3, -0.25) is 24.2 Å². The molecule has 3 amide bonds. The normalized spacial score (nSPS) is 12.9. The first-order valence-corrected chi connectivity index (χ1v) is 15.9. The Labute approximate surface area is 278 Å². The standard InChI is InChI=1S/C34H32F2N4O7S/c1-20(41)48-19-31(42)38-13-3-15-46-30-18-26-24(17-29(30)45-2)27(10-14-37-26)47-28-9-8-23(16-25(28)36)40-33(44)34(11-12-34)32(43)39-22-6-4-21(35)5-7-22/h4-10,14,16-18H,3,11-13,15,19H2,1-2H3,(H,38,42)(H,39,43)(H,40,44). The monoisotopic (exact) mass is 678 g/mol. The van der Waals surface area contributed by atoms with Gasteiger partial charge in [-0.2, -0.15) is 0 Å². The fourth-order valence-electron chi connectivity index (χ4n) is 4.69. The van der Waals surface area contributed by atoms with Crippen molar-refractivity contribution in [3.63, 3.8) is 0 Å². The van der Waals surface area contributed by atoms with Gasteiger partial charge in [0, 0.05) is 48.6 Å². The van der Waals surface area contributed by atoms with Crippen LogP contribution in [-0.2, 0) is 19.2 Å².